The van der Waals surface area contributed by atoms with E-state index in [1.165, 1.54) is 22.4 Å². The van der Waals surface area contributed by atoms with Crippen molar-refractivity contribution in [1.82, 2.24) is 15.1 Å². The van der Waals surface area contributed by atoms with E-state index < -0.39 is 0 Å². The van der Waals surface area contributed by atoms with Gasteiger partial charge in [-0.25, -0.2) is 0 Å². The summed E-state index contributed by atoms with van der Waals surface area (Å²) in [5, 5.41) is 7.64. The second-order valence-electron chi connectivity index (χ2n) is 4.59. The lowest BCUT2D eigenvalue weighted by molar-refractivity contribution is 0.640. The van der Waals surface area contributed by atoms with Crippen molar-refractivity contribution in [1.29, 1.82) is 0 Å². The first-order chi connectivity index (χ1) is 8.67. The van der Waals surface area contributed by atoms with Crippen LogP contribution in [0.1, 0.15) is 31.1 Å². The Kier molecular flexibility index (Phi) is 3.82. The van der Waals surface area contributed by atoms with E-state index in [4.69, 9.17) is 0 Å². The highest BCUT2D eigenvalue weighted by atomic mass is 15.3. The molecule has 18 heavy (non-hydrogen) atoms. The minimum Gasteiger partial charge on any atom is -0.313 e. The fourth-order valence-electron chi connectivity index (χ4n) is 2.17. The predicted octanol–water partition coefficient (Wildman–Crippen LogP) is 3.16. The highest BCUT2D eigenvalue weighted by Crippen LogP contribution is 2.24. The van der Waals surface area contributed by atoms with Crippen molar-refractivity contribution in [2.24, 2.45) is 0 Å². The number of nitrogens with zero attached hydrogens (tertiary/aromatic N) is 2. The average Bonchev–Trinajstić information content (AvgIpc) is 2.79. The molecule has 0 fully saturated rings. The molecule has 2 aromatic rings. The third kappa shape index (κ3) is 2.31. The van der Waals surface area contributed by atoms with Crippen molar-refractivity contribution in [2.45, 2.75) is 33.4 Å². The molecule has 0 aliphatic rings. The molecule has 0 saturated heterocycles. The molecule has 1 unspecified atom stereocenters. The lowest BCUT2D eigenvalue weighted by Gasteiger charge is -2.11. The molecular weight excluding hydrogens is 222 g/mol. The predicted molar refractivity (Wildman–Crippen MR) is 75.5 cm³/mol. The molecule has 1 aromatic heterocycles. The van der Waals surface area contributed by atoms with Gasteiger partial charge in [0.15, 0.2) is 0 Å². The second-order valence-corrected chi connectivity index (χ2v) is 4.59. The number of hydrogen-bond donors (Lipinski definition) is 1. The molecule has 1 atom stereocenters. The molecule has 0 radical (unpaired) electrons. The standard InChI is InChI=1S/C15H21N3/c1-5-18-12(3)15(10-17-18)14-8-6-13(7-9-14)11(2)16-4/h6-11,16H,5H2,1-4H3. The van der Waals surface area contributed by atoms with Crippen LogP contribution < -0.4 is 5.32 Å². The smallest absolute Gasteiger partial charge is 0.0571 e. The van der Waals surface area contributed by atoms with Crippen LogP contribution in [0.4, 0.5) is 0 Å². The first kappa shape index (κ1) is 12.8. The quantitative estimate of drug-likeness (QED) is 0.894. The van der Waals surface area contributed by atoms with Crippen molar-refractivity contribution in [3.05, 3.63) is 41.7 Å². The van der Waals surface area contributed by atoms with Crippen molar-refractivity contribution in [3.8, 4) is 11.1 Å². The van der Waals surface area contributed by atoms with Crippen LogP contribution in [0.2, 0.25) is 0 Å². The molecular formula is C15H21N3. The van der Waals surface area contributed by atoms with Gasteiger partial charge in [-0.3, -0.25) is 4.68 Å². The van der Waals surface area contributed by atoms with Gasteiger partial charge >= 0.3 is 0 Å². The highest BCUT2D eigenvalue weighted by molar-refractivity contribution is 5.65. The van der Waals surface area contributed by atoms with Crippen LogP contribution in [-0.2, 0) is 6.54 Å². The maximum Gasteiger partial charge on any atom is 0.0571 e. The van der Waals surface area contributed by atoms with Gasteiger partial charge in [0.05, 0.1) is 6.20 Å². The highest BCUT2D eigenvalue weighted by Gasteiger charge is 2.08. The molecule has 96 valence electrons. The van der Waals surface area contributed by atoms with Gasteiger partial charge in [-0.15, -0.1) is 0 Å². The van der Waals surface area contributed by atoms with Crippen LogP contribution in [0.15, 0.2) is 30.5 Å². The summed E-state index contributed by atoms with van der Waals surface area (Å²) in [5.74, 6) is 0. The Morgan fingerprint density at radius 3 is 2.44 bits per heavy atom. The minimum absolute atomic E-state index is 0.388. The Morgan fingerprint density at radius 1 is 1.28 bits per heavy atom. The Bertz CT molecular complexity index is 511. The first-order valence-electron chi connectivity index (χ1n) is 6.47. The maximum atomic E-state index is 4.39. The number of aromatic nitrogens is 2. The average molecular weight is 243 g/mol. The maximum absolute atomic E-state index is 4.39. The lowest BCUT2D eigenvalue weighted by Crippen LogP contribution is -2.11. The van der Waals surface area contributed by atoms with Gasteiger partial charge in [0, 0.05) is 23.8 Å². The largest absolute Gasteiger partial charge is 0.313 e. The topological polar surface area (TPSA) is 29.9 Å². The third-order valence-corrected chi connectivity index (χ3v) is 3.56. The Labute approximate surface area is 109 Å². The molecule has 2 rings (SSSR count). The van der Waals surface area contributed by atoms with Crippen molar-refractivity contribution in [2.75, 3.05) is 7.05 Å². The summed E-state index contributed by atoms with van der Waals surface area (Å²) in [6, 6.07) is 9.09. The molecule has 1 N–H and O–H groups in total. The van der Waals surface area contributed by atoms with Gasteiger partial charge in [0.1, 0.15) is 0 Å². The number of hydrogen-bond acceptors (Lipinski definition) is 2. The molecule has 0 aliphatic heterocycles. The summed E-state index contributed by atoms with van der Waals surface area (Å²) in [6.45, 7) is 7.31. The van der Waals surface area contributed by atoms with Gasteiger partial charge in [-0.1, -0.05) is 24.3 Å². The van der Waals surface area contributed by atoms with E-state index in [2.05, 4.69) is 55.5 Å². The summed E-state index contributed by atoms with van der Waals surface area (Å²) in [7, 11) is 1.98. The van der Waals surface area contributed by atoms with Crippen LogP contribution >= 0.6 is 0 Å². The van der Waals surface area contributed by atoms with E-state index in [0.29, 0.717) is 6.04 Å². The van der Waals surface area contributed by atoms with Crippen molar-refractivity contribution >= 4 is 0 Å². The Balaban J connectivity index is 2.31. The Hall–Kier alpha value is -1.61. The molecule has 0 amide bonds. The van der Waals surface area contributed by atoms with Crippen molar-refractivity contribution < 1.29 is 0 Å². The summed E-state index contributed by atoms with van der Waals surface area (Å²) in [4.78, 5) is 0. The number of benzene rings is 1. The van der Waals surface area contributed by atoms with Crippen LogP contribution in [0.5, 0.6) is 0 Å². The van der Waals surface area contributed by atoms with Gasteiger partial charge in [-0.2, -0.15) is 5.10 Å². The SMILES string of the molecule is CCn1ncc(-c2ccc(C(C)NC)cc2)c1C. The molecule has 3 heteroatoms. The molecule has 1 heterocycles. The molecule has 0 spiro atoms. The normalized spacial score (nSPS) is 12.7. The van der Waals surface area contributed by atoms with Crippen LogP contribution in [0.25, 0.3) is 11.1 Å². The summed E-state index contributed by atoms with van der Waals surface area (Å²) < 4.78 is 2.03. The zero-order valence-electron chi connectivity index (χ0n) is 11.6. The van der Waals surface area contributed by atoms with E-state index in [-0.39, 0.29) is 0 Å². The van der Waals surface area contributed by atoms with Crippen molar-refractivity contribution in [3.63, 3.8) is 0 Å². The number of rotatable bonds is 4. The van der Waals surface area contributed by atoms with Gasteiger partial charge < -0.3 is 5.32 Å². The van der Waals surface area contributed by atoms with Crippen LogP contribution in [-0.4, -0.2) is 16.8 Å². The molecule has 0 bridgehead atoms. The van der Waals surface area contributed by atoms with Crippen LogP contribution in [0, 0.1) is 6.92 Å². The van der Waals surface area contributed by atoms with E-state index >= 15 is 0 Å². The van der Waals surface area contributed by atoms with E-state index in [1.54, 1.807) is 0 Å². The number of aryl methyl sites for hydroxylation is 1. The summed E-state index contributed by atoms with van der Waals surface area (Å²) in [5.41, 5.74) is 4.99. The van der Waals surface area contributed by atoms with Gasteiger partial charge in [0.2, 0.25) is 0 Å². The minimum atomic E-state index is 0.388. The molecule has 0 aliphatic carbocycles. The summed E-state index contributed by atoms with van der Waals surface area (Å²) >= 11 is 0. The van der Waals surface area contributed by atoms with E-state index in [0.717, 1.165) is 6.54 Å². The lowest BCUT2D eigenvalue weighted by atomic mass is 10.0. The van der Waals surface area contributed by atoms with Gasteiger partial charge in [-0.05, 0) is 38.9 Å². The number of nitrogens with one attached hydrogen (secondary N) is 1. The monoisotopic (exact) mass is 243 g/mol. The Morgan fingerprint density at radius 2 is 1.94 bits per heavy atom. The third-order valence-electron chi connectivity index (χ3n) is 3.56. The zero-order chi connectivity index (χ0) is 13.1. The second kappa shape index (κ2) is 5.36. The zero-order valence-corrected chi connectivity index (χ0v) is 11.6. The molecule has 0 saturated carbocycles. The first-order valence-corrected chi connectivity index (χ1v) is 6.47. The fraction of sp³-hybridized carbons (Fsp3) is 0.400. The van der Waals surface area contributed by atoms with E-state index in [1.807, 2.05) is 17.9 Å². The van der Waals surface area contributed by atoms with Crippen LogP contribution in [0.3, 0.4) is 0 Å². The summed E-state index contributed by atoms with van der Waals surface area (Å²) in [6.07, 6.45) is 1.95. The van der Waals surface area contributed by atoms with Gasteiger partial charge in [0.25, 0.3) is 0 Å². The van der Waals surface area contributed by atoms with E-state index in [9.17, 15) is 0 Å². The molecule has 1 aromatic carbocycles. The molecule has 3 nitrogen and oxygen atoms in total. The fourth-order valence-corrected chi connectivity index (χ4v) is 2.17.